The smallest absolute Gasteiger partial charge is 0.315 e. The van der Waals surface area contributed by atoms with Gasteiger partial charge < -0.3 is 24.5 Å². The number of para-hydroxylation sites is 1. The molecular formula is C18H22N2O4. The summed E-state index contributed by atoms with van der Waals surface area (Å²) in [6.45, 7) is 1.51. The number of nitrogens with one attached hydrogen (secondary N) is 2. The molecule has 24 heavy (non-hydrogen) atoms. The number of furan rings is 1. The van der Waals surface area contributed by atoms with Crippen LogP contribution in [0.5, 0.6) is 5.75 Å². The first kappa shape index (κ1) is 16.4. The van der Waals surface area contributed by atoms with Gasteiger partial charge in [0.25, 0.3) is 0 Å². The highest BCUT2D eigenvalue weighted by atomic mass is 16.5. The molecule has 1 aromatic carbocycles. The third-order valence-corrected chi connectivity index (χ3v) is 4.03. The zero-order valence-corrected chi connectivity index (χ0v) is 13.7. The average molecular weight is 330 g/mol. The second-order valence-electron chi connectivity index (χ2n) is 5.87. The van der Waals surface area contributed by atoms with Crippen LogP contribution in [-0.4, -0.2) is 32.9 Å². The number of rotatable bonds is 6. The Morgan fingerprint density at radius 1 is 1.33 bits per heavy atom. The Labute approximate surface area is 141 Å². The lowest BCUT2D eigenvalue weighted by Crippen LogP contribution is -2.43. The van der Waals surface area contributed by atoms with Gasteiger partial charge in [-0.05, 0) is 30.2 Å². The number of urea groups is 1. The summed E-state index contributed by atoms with van der Waals surface area (Å²) in [5, 5.41) is 5.78. The van der Waals surface area contributed by atoms with Gasteiger partial charge in [-0.3, -0.25) is 0 Å². The summed E-state index contributed by atoms with van der Waals surface area (Å²) in [7, 11) is 1.59. The largest absolute Gasteiger partial charge is 0.493 e. The van der Waals surface area contributed by atoms with Gasteiger partial charge >= 0.3 is 6.03 Å². The van der Waals surface area contributed by atoms with Crippen LogP contribution in [0.25, 0.3) is 0 Å². The molecule has 0 fully saturated rings. The van der Waals surface area contributed by atoms with Gasteiger partial charge in [0.15, 0.2) is 0 Å². The van der Waals surface area contributed by atoms with Crippen LogP contribution < -0.4 is 15.4 Å². The molecule has 0 saturated heterocycles. The van der Waals surface area contributed by atoms with Gasteiger partial charge in [-0.2, -0.15) is 0 Å². The molecular weight excluding hydrogens is 308 g/mol. The number of ether oxygens (including phenoxy) is 2. The first-order valence-corrected chi connectivity index (χ1v) is 8.03. The predicted molar refractivity (Wildman–Crippen MR) is 89.0 cm³/mol. The minimum absolute atomic E-state index is 0.243. The summed E-state index contributed by atoms with van der Waals surface area (Å²) in [5.41, 5.74) is 1.18. The number of methoxy groups -OCH3 is 1. The van der Waals surface area contributed by atoms with Gasteiger partial charge in [0.05, 0.1) is 19.5 Å². The molecule has 1 aliphatic heterocycles. The molecule has 2 aromatic rings. The fourth-order valence-corrected chi connectivity index (χ4v) is 2.82. The van der Waals surface area contributed by atoms with E-state index in [9.17, 15) is 4.79 Å². The lowest BCUT2D eigenvalue weighted by Gasteiger charge is -2.25. The lowest BCUT2D eigenvalue weighted by atomic mass is 9.97. The quantitative estimate of drug-likeness (QED) is 0.854. The zero-order chi connectivity index (χ0) is 16.8. The maximum Gasteiger partial charge on any atom is 0.315 e. The molecule has 2 amide bonds. The van der Waals surface area contributed by atoms with Gasteiger partial charge in [-0.1, -0.05) is 18.2 Å². The highest BCUT2D eigenvalue weighted by molar-refractivity contribution is 5.74. The van der Waals surface area contributed by atoms with Gasteiger partial charge in [-0.15, -0.1) is 0 Å². The van der Waals surface area contributed by atoms with Crippen LogP contribution in [0.15, 0.2) is 47.1 Å². The molecule has 0 radical (unpaired) electrons. The van der Waals surface area contributed by atoms with Crippen LogP contribution >= 0.6 is 0 Å². The summed E-state index contributed by atoms with van der Waals surface area (Å²) >= 11 is 0. The maximum absolute atomic E-state index is 12.2. The Morgan fingerprint density at radius 2 is 2.21 bits per heavy atom. The number of fused-ring (bicyclic) bond motifs is 1. The van der Waals surface area contributed by atoms with Crippen molar-refractivity contribution in [3.63, 3.8) is 0 Å². The molecule has 0 saturated carbocycles. The topological polar surface area (TPSA) is 72.7 Å². The van der Waals surface area contributed by atoms with Gasteiger partial charge in [0.1, 0.15) is 17.6 Å². The van der Waals surface area contributed by atoms with Crippen LogP contribution in [0.1, 0.15) is 17.4 Å². The number of hydrogen-bond acceptors (Lipinski definition) is 4. The molecule has 1 aliphatic rings. The van der Waals surface area contributed by atoms with Crippen molar-refractivity contribution in [3.8, 4) is 5.75 Å². The molecule has 2 atom stereocenters. The molecule has 0 bridgehead atoms. The highest BCUT2D eigenvalue weighted by Gasteiger charge is 2.21. The van der Waals surface area contributed by atoms with Crippen molar-refractivity contribution >= 4 is 6.03 Å². The number of carbonyl (C=O) groups excluding carboxylic acids is 1. The van der Waals surface area contributed by atoms with Gasteiger partial charge in [-0.25, -0.2) is 4.79 Å². The third-order valence-electron chi connectivity index (χ3n) is 4.03. The molecule has 128 valence electrons. The molecule has 0 aliphatic carbocycles. The van der Waals surface area contributed by atoms with E-state index in [-0.39, 0.29) is 18.0 Å². The van der Waals surface area contributed by atoms with E-state index in [1.54, 1.807) is 19.4 Å². The summed E-state index contributed by atoms with van der Waals surface area (Å²) in [5.74, 6) is 1.87. The van der Waals surface area contributed by atoms with E-state index in [4.69, 9.17) is 13.9 Å². The van der Waals surface area contributed by atoms with Crippen LogP contribution in [0.2, 0.25) is 0 Å². The summed E-state index contributed by atoms with van der Waals surface area (Å²) in [6, 6.07) is 11.1. The highest BCUT2D eigenvalue weighted by Crippen LogP contribution is 2.26. The fourth-order valence-electron chi connectivity index (χ4n) is 2.82. The number of benzene rings is 1. The standard InChI is InChI=1S/C18H22N2O4/c1-22-12-15(17-7-4-8-23-17)20-18(21)19-10-13-9-14-5-2-3-6-16(14)24-11-13/h2-8,13,15H,9-12H2,1H3,(H2,19,20,21)/t13-,15+/m1/s1. The minimum Gasteiger partial charge on any atom is -0.493 e. The van der Waals surface area contributed by atoms with Crippen LogP contribution in [0.3, 0.4) is 0 Å². The number of amides is 2. The summed E-state index contributed by atoms with van der Waals surface area (Å²) in [6.07, 6.45) is 2.48. The van der Waals surface area contributed by atoms with Crippen molar-refractivity contribution in [2.24, 2.45) is 5.92 Å². The second kappa shape index (κ2) is 7.88. The van der Waals surface area contributed by atoms with Crippen LogP contribution in [0.4, 0.5) is 4.79 Å². The fraction of sp³-hybridized carbons (Fsp3) is 0.389. The zero-order valence-electron chi connectivity index (χ0n) is 13.7. The van der Waals surface area contributed by atoms with E-state index in [2.05, 4.69) is 16.7 Å². The first-order valence-electron chi connectivity index (χ1n) is 8.03. The Morgan fingerprint density at radius 3 is 3.00 bits per heavy atom. The van der Waals surface area contributed by atoms with Crippen molar-refractivity contribution in [2.75, 3.05) is 26.9 Å². The van der Waals surface area contributed by atoms with Crippen molar-refractivity contribution in [1.82, 2.24) is 10.6 Å². The SMILES string of the molecule is COC[C@H](NC(=O)NC[C@@H]1COc2ccccc2C1)c1ccco1. The van der Waals surface area contributed by atoms with Crippen LogP contribution in [0, 0.1) is 5.92 Å². The number of carbonyl (C=O) groups is 1. The molecule has 0 spiro atoms. The first-order chi connectivity index (χ1) is 11.8. The van der Waals surface area contributed by atoms with Crippen molar-refractivity contribution in [3.05, 3.63) is 54.0 Å². The normalized spacial score (nSPS) is 17.5. The lowest BCUT2D eigenvalue weighted by molar-refractivity contribution is 0.156. The minimum atomic E-state index is -0.312. The van der Waals surface area contributed by atoms with E-state index >= 15 is 0 Å². The molecule has 0 unspecified atom stereocenters. The Hall–Kier alpha value is -2.47. The van der Waals surface area contributed by atoms with Gasteiger partial charge in [0, 0.05) is 19.6 Å². The summed E-state index contributed by atoms with van der Waals surface area (Å²) < 4.78 is 16.2. The molecule has 2 N–H and O–H groups in total. The van der Waals surface area contributed by atoms with E-state index in [0.717, 1.165) is 12.2 Å². The van der Waals surface area contributed by atoms with E-state index in [1.165, 1.54) is 5.56 Å². The Bertz CT molecular complexity index is 657. The Balaban J connectivity index is 1.49. The predicted octanol–water partition coefficient (Wildman–Crippen LogP) is 2.52. The van der Waals surface area contributed by atoms with Crippen molar-refractivity contribution in [1.29, 1.82) is 0 Å². The molecule has 6 heteroatoms. The second-order valence-corrected chi connectivity index (χ2v) is 5.87. The average Bonchev–Trinajstić information content (AvgIpc) is 3.14. The van der Waals surface area contributed by atoms with Crippen LogP contribution in [-0.2, 0) is 11.2 Å². The Kier molecular flexibility index (Phi) is 5.38. The summed E-state index contributed by atoms with van der Waals surface area (Å²) in [4.78, 5) is 12.2. The molecule has 3 rings (SSSR count). The van der Waals surface area contributed by atoms with Gasteiger partial charge in [0.2, 0.25) is 0 Å². The maximum atomic E-state index is 12.2. The van der Waals surface area contributed by atoms with E-state index in [0.29, 0.717) is 25.5 Å². The molecule has 6 nitrogen and oxygen atoms in total. The van der Waals surface area contributed by atoms with E-state index in [1.807, 2.05) is 24.3 Å². The molecule has 1 aromatic heterocycles. The number of hydrogen-bond donors (Lipinski definition) is 2. The van der Waals surface area contributed by atoms with Crippen molar-refractivity contribution < 1.29 is 18.7 Å². The van der Waals surface area contributed by atoms with Crippen molar-refractivity contribution in [2.45, 2.75) is 12.5 Å². The molecule has 2 heterocycles. The monoisotopic (exact) mass is 330 g/mol. The van der Waals surface area contributed by atoms with E-state index < -0.39 is 0 Å². The third kappa shape index (κ3) is 4.08.